The highest BCUT2D eigenvalue weighted by Crippen LogP contribution is 2.14. The lowest BCUT2D eigenvalue weighted by molar-refractivity contribution is -0.117. The molecule has 0 saturated carbocycles. The lowest BCUT2D eigenvalue weighted by Crippen LogP contribution is -2.34. The van der Waals surface area contributed by atoms with Gasteiger partial charge in [-0.1, -0.05) is 37.3 Å². The highest BCUT2D eigenvalue weighted by Gasteiger charge is 2.11. The molecule has 19 heavy (non-hydrogen) atoms. The van der Waals surface area contributed by atoms with Crippen LogP contribution in [0.3, 0.4) is 0 Å². The molecule has 98 valence electrons. The third kappa shape index (κ3) is 3.35. The number of amides is 1. The van der Waals surface area contributed by atoms with Crippen LogP contribution in [0.1, 0.15) is 13.3 Å². The zero-order valence-electron chi connectivity index (χ0n) is 10.7. The quantitative estimate of drug-likeness (QED) is 0.874. The minimum Gasteiger partial charge on any atom is -0.322 e. The third-order valence-corrected chi connectivity index (χ3v) is 2.73. The standard InChI is InChI=1S/C14H16N4O/c1-2-12(15)14(19)18-11-8-16-13(17-9-11)10-6-4-3-5-7-10/h3-9,12H,2,15H2,1H3,(H,18,19). The third-order valence-electron chi connectivity index (χ3n) is 2.73. The predicted molar refractivity (Wildman–Crippen MR) is 74.4 cm³/mol. The van der Waals surface area contributed by atoms with E-state index in [0.717, 1.165) is 5.56 Å². The zero-order valence-corrected chi connectivity index (χ0v) is 10.7. The van der Waals surface area contributed by atoms with Crippen LogP contribution < -0.4 is 11.1 Å². The fraction of sp³-hybridized carbons (Fsp3) is 0.214. The molecule has 0 spiro atoms. The molecule has 1 unspecified atom stereocenters. The number of carbonyl (C=O) groups is 1. The van der Waals surface area contributed by atoms with Crippen molar-refractivity contribution in [3.05, 3.63) is 42.7 Å². The maximum atomic E-state index is 11.6. The van der Waals surface area contributed by atoms with Crippen LogP contribution in [0.5, 0.6) is 0 Å². The maximum absolute atomic E-state index is 11.6. The van der Waals surface area contributed by atoms with Crippen LogP contribution in [0.15, 0.2) is 42.7 Å². The van der Waals surface area contributed by atoms with E-state index in [-0.39, 0.29) is 5.91 Å². The minimum atomic E-state index is -0.506. The van der Waals surface area contributed by atoms with Crippen LogP contribution in [0.4, 0.5) is 5.69 Å². The number of hydrogen-bond donors (Lipinski definition) is 2. The fourth-order valence-corrected chi connectivity index (χ4v) is 1.55. The SMILES string of the molecule is CCC(N)C(=O)Nc1cnc(-c2ccccc2)nc1. The van der Waals surface area contributed by atoms with Gasteiger partial charge in [-0.2, -0.15) is 0 Å². The molecule has 0 bridgehead atoms. The number of rotatable bonds is 4. The molecule has 5 heteroatoms. The van der Waals surface area contributed by atoms with Gasteiger partial charge in [0.15, 0.2) is 5.82 Å². The second-order valence-corrected chi connectivity index (χ2v) is 4.17. The Bertz CT molecular complexity index is 539. The largest absolute Gasteiger partial charge is 0.322 e. The number of aromatic nitrogens is 2. The van der Waals surface area contributed by atoms with E-state index in [0.29, 0.717) is 17.9 Å². The van der Waals surface area contributed by atoms with Gasteiger partial charge in [0, 0.05) is 5.56 Å². The summed E-state index contributed by atoms with van der Waals surface area (Å²) in [7, 11) is 0. The van der Waals surface area contributed by atoms with Gasteiger partial charge in [-0.3, -0.25) is 4.79 Å². The van der Waals surface area contributed by atoms with Crippen molar-refractivity contribution in [1.82, 2.24) is 9.97 Å². The average Bonchev–Trinajstić information content (AvgIpc) is 2.48. The number of benzene rings is 1. The van der Waals surface area contributed by atoms with Crippen LogP contribution in [0.25, 0.3) is 11.4 Å². The Labute approximate surface area is 111 Å². The molecule has 3 N–H and O–H groups in total. The van der Waals surface area contributed by atoms with Crippen molar-refractivity contribution in [1.29, 1.82) is 0 Å². The number of anilines is 1. The van der Waals surface area contributed by atoms with Crippen molar-refractivity contribution in [2.75, 3.05) is 5.32 Å². The Hall–Kier alpha value is -2.27. The topological polar surface area (TPSA) is 80.9 Å². The Morgan fingerprint density at radius 2 is 1.89 bits per heavy atom. The monoisotopic (exact) mass is 256 g/mol. The molecule has 1 aromatic heterocycles. The number of hydrogen-bond acceptors (Lipinski definition) is 4. The summed E-state index contributed by atoms with van der Waals surface area (Å²) >= 11 is 0. The van der Waals surface area contributed by atoms with Crippen LogP contribution >= 0.6 is 0 Å². The second-order valence-electron chi connectivity index (χ2n) is 4.17. The summed E-state index contributed by atoms with van der Waals surface area (Å²) in [4.78, 5) is 20.0. The molecule has 5 nitrogen and oxygen atoms in total. The fourth-order valence-electron chi connectivity index (χ4n) is 1.55. The van der Waals surface area contributed by atoms with E-state index < -0.39 is 6.04 Å². The van der Waals surface area contributed by atoms with Crippen molar-refractivity contribution in [2.24, 2.45) is 5.73 Å². The number of carbonyl (C=O) groups excluding carboxylic acids is 1. The second kappa shape index (κ2) is 6.06. The normalized spacial score (nSPS) is 11.9. The molecule has 0 fully saturated rings. The van der Waals surface area contributed by atoms with E-state index in [1.165, 1.54) is 0 Å². The molecule has 0 saturated heterocycles. The van der Waals surface area contributed by atoms with Gasteiger partial charge in [-0.15, -0.1) is 0 Å². The van der Waals surface area contributed by atoms with Gasteiger partial charge in [0.1, 0.15) is 0 Å². The number of nitrogens with zero attached hydrogens (tertiary/aromatic N) is 2. The molecule has 1 amide bonds. The van der Waals surface area contributed by atoms with Gasteiger partial charge in [0.25, 0.3) is 0 Å². The summed E-state index contributed by atoms with van der Waals surface area (Å²) in [6.07, 6.45) is 3.75. The van der Waals surface area contributed by atoms with Crippen LogP contribution in [0, 0.1) is 0 Å². The highest BCUT2D eigenvalue weighted by molar-refractivity contribution is 5.94. The summed E-state index contributed by atoms with van der Waals surface area (Å²) in [6, 6.07) is 9.14. The first kappa shape index (κ1) is 13.2. The first-order chi connectivity index (χ1) is 9.20. The summed E-state index contributed by atoms with van der Waals surface area (Å²) in [5.41, 5.74) is 7.12. The molecular weight excluding hydrogens is 240 g/mol. The molecule has 1 heterocycles. The maximum Gasteiger partial charge on any atom is 0.241 e. The summed E-state index contributed by atoms with van der Waals surface area (Å²) in [6.45, 7) is 1.86. The molecular formula is C14H16N4O. The Morgan fingerprint density at radius 1 is 1.26 bits per heavy atom. The Morgan fingerprint density at radius 3 is 2.47 bits per heavy atom. The number of nitrogens with two attached hydrogens (primary N) is 1. The van der Waals surface area contributed by atoms with Crippen LogP contribution in [-0.4, -0.2) is 21.9 Å². The van der Waals surface area contributed by atoms with E-state index in [1.807, 2.05) is 37.3 Å². The van der Waals surface area contributed by atoms with Gasteiger partial charge in [-0.05, 0) is 6.42 Å². The predicted octanol–water partition coefficient (Wildman–Crippen LogP) is 1.82. The molecule has 2 aromatic rings. The van der Waals surface area contributed by atoms with Crippen molar-refractivity contribution in [2.45, 2.75) is 19.4 Å². The molecule has 0 radical (unpaired) electrons. The van der Waals surface area contributed by atoms with Gasteiger partial charge in [-0.25, -0.2) is 9.97 Å². The summed E-state index contributed by atoms with van der Waals surface area (Å²) in [5.74, 6) is 0.400. The Kier molecular flexibility index (Phi) is 4.20. The minimum absolute atomic E-state index is 0.224. The van der Waals surface area contributed by atoms with E-state index in [4.69, 9.17) is 5.73 Å². The van der Waals surface area contributed by atoms with Crippen LogP contribution in [0.2, 0.25) is 0 Å². The summed E-state index contributed by atoms with van der Waals surface area (Å²) < 4.78 is 0. The zero-order chi connectivity index (χ0) is 13.7. The first-order valence-corrected chi connectivity index (χ1v) is 6.14. The lowest BCUT2D eigenvalue weighted by Gasteiger charge is -2.09. The van der Waals surface area contributed by atoms with E-state index >= 15 is 0 Å². The molecule has 0 aliphatic carbocycles. The Balaban J connectivity index is 2.09. The molecule has 1 aromatic carbocycles. The molecule has 0 aliphatic heterocycles. The van der Waals surface area contributed by atoms with Crippen molar-refractivity contribution in [3.63, 3.8) is 0 Å². The smallest absolute Gasteiger partial charge is 0.241 e. The lowest BCUT2D eigenvalue weighted by atomic mass is 10.2. The van der Waals surface area contributed by atoms with E-state index in [2.05, 4.69) is 15.3 Å². The van der Waals surface area contributed by atoms with E-state index in [9.17, 15) is 4.79 Å². The molecule has 0 aliphatic rings. The van der Waals surface area contributed by atoms with Crippen molar-refractivity contribution < 1.29 is 4.79 Å². The van der Waals surface area contributed by atoms with Gasteiger partial charge in [0.05, 0.1) is 24.1 Å². The van der Waals surface area contributed by atoms with Gasteiger partial charge >= 0.3 is 0 Å². The highest BCUT2D eigenvalue weighted by atomic mass is 16.2. The molecule has 1 atom stereocenters. The van der Waals surface area contributed by atoms with Gasteiger partial charge < -0.3 is 11.1 Å². The van der Waals surface area contributed by atoms with Crippen LogP contribution in [-0.2, 0) is 4.79 Å². The van der Waals surface area contributed by atoms with Crippen molar-refractivity contribution in [3.8, 4) is 11.4 Å². The number of nitrogens with one attached hydrogen (secondary N) is 1. The van der Waals surface area contributed by atoms with Crippen molar-refractivity contribution >= 4 is 11.6 Å². The van der Waals surface area contributed by atoms with E-state index in [1.54, 1.807) is 12.4 Å². The average molecular weight is 256 g/mol. The first-order valence-electron chi connectivity index (χ1n) is 6.14. The summed E-state index contributed by atoms with van der Waals surface area (Å²) in [5, 5.41) is 2.68. The molecule has 2 rings (SSSR count). The van der Waals surface area contributed by atoms with Gasteiger partial charge in [0.2, 0.25) is 5.91 Å².